The van der Waals surface area contributed by atoms with Gasteiger partial charge in [-0.05, 0) is 68.6 Å². The van der Waals surface area contributed by atoms with Crippen molar-refractivity contribution in [3.8, 4) is 11.5 Å². The zero-order valence-electron chi connectivity index (χ0n) is 28.2. The number of ether oxygens (including phenoxy) is 2. The molecule has 1 aromatic heterocycles. The first kappa shape index (κ1) is 34.6. The van der Waals surface area contributed by atoms with Crippen LogP contribution < -0.4 is 29.9 Å². The van der Waals surface area contributed by atoms with Gasteiger partial charge in [0.2, 0.25) is 5.91 Å². The maximum absolute atomic E-state index is 13.1. The van der Waals surface area contributed by atoms with Crippen LogP contribution in [-0.2, 0) is 11.3 Å². The summed E-state index contributed by atoms with van der Waals surface area (Å²) in [5, 5.41) is 6.37. The average molecular weight is 682 g/mol. The Labute approximate surface area is 286 Å². The lowest BCUT2D eigenvalue weighted by Crippen LogP contribution is -2.52. The second-order valence-electron chi connectivity index (χ2n) is 13.2. The summed E-state index contributed by atoms with van der Waals surface area (Å²) in [4.78, 5) is 27.3. The highest BCUT2D eigenvalue weighted by atomic mass is 19.4. The lowest BCUT2D eigenvalue weighted by molar-refractivity contribution is -0.274. The second kappa shape index (κ2) is 15.5. The van der Waals surface area contributed by atoms with Crippen molar-refractivity contribution in [2.45, 2.75) is 44.6 Å². The summed E-state index contributed by atoms with van der Waals surface area (Å²) >= 11 is 0. The van der Waals surface area contributed by atoms with Crippen LogP contribution in [0.3, 0.4) is 0 Å². The van der Waals surface area contributed by atoms with Gasteiger partial charge in [-0.3, -0.25) is 9.69 Å². The number of pyridine rings is 1. The minimum atomic E-state index is -4.74. The Bertz CT molecular complexity index is 1540. The first-order chi connectivity index (χ1) is 23.6. The molecule has 0 saturated carbocycles. The van der Waals surface area contributed by atoms with E-state index < -0.39 is 6.36 Å². The minimum absolute atomic E-state index is 0.0823. The van der Waals surface area contributed by atoms with Crippen molar-refractivity contribution in [3.63, 3.8) is 0 Å². The van der Waals surface area contributed by atoms with E-state index in [1.807, 2.05) is 18.2 Å². The third-order valence-electron chi connectivity index (χ3n) is 9.86. The number of amides is 1. The Kier molecular flexibility index (Phi) is 11.0. The highest BCUT2D eigenvalue weighted by Gasteiger charge is 2.31. The fourth-order valence-electron chi connectivity index (χ4n) is 7.05. The van der Waals surface area contributed by atoms with Crippen LogP contribution in [0.5, 0.6) is 11.5 Å². The molecule has 3 aliphatic rings. The number of nitrogens with one attached hydrogen (secondary N) is 2. The lowest BCUT2D eigenvalue weighted by atomic mass is 9.96. The van der Waals surface area contributed by atoms with Gasteiger partial charge in [0.15, 0.2) is 0 Å². The second-order valence-corrected chi connectivity index (χ2v) is 13.2. The number of likely N-dealkylation sites (N-methyl/N-ethyl adjacent to an activating group) is 1. The summed E-state index contributed by atoms with van der Waals surface area (Å²) in [6.07, 6.45) is 0.968. The minimum Gasteiger partial charge on any atom is -0.494 e. The van der Waals surface area contributed by atoms with Crippen LogP contribution >= 0.6 is 0 Å². The van der Waals surface area contributed by atoms with Crippen molar-refractivity contribution in [2.24, 2.45) is 5.92 Å². The summed E-state index contributed by atoms with van der Waals surface area (Å²) in [5.74, 6) is 0.843. The Morgan fingerprint density at radius 2 is 1.63 bits per heavy atom. The monoisotopic (exact) mass is 681 g/mol. The van der Waals surface area contributed by atoms with E-state index in [0.29, 0.717) is 24.0 Å². The molecule has 4 heterocycles. The molecule has 2 N–H and O–H groups in total. The topological polar surface area (TPSA) is 85.4 Å². The van der Waals surface area contributed by atoms with E-state index in [1.54, 1.807) is 13.3 Å². The number of hydrogen-bond acceptors (Lipinski definition) is 9. The molecule has 3 saturated heterocycles. The van der Waals surface area contributed by atoms with Crippen LogP contribution in [0.1, 0.15) is 31.2 Å². The normalized spacial score (nSPS) is 19.8. The van der Waals surface area contributed by atoms with Crippen LogP contribution in [0, 0.1) is 5.92 Å². The van der Waals surface area contributed by atoms with Crippen molar-refractivity contribution in [1.29, 1.82) is 0 Å². The molecule has 2 aromatic carbocycles. The van der Waals surface area contributed by atoms with E-state index in [9.17, 15) is 18.0 Å². The van der Waals surface area contributed by atoms with Gasteiger partial charge in [0.25, 0.3) is 0 Å². The standard InChI is InChI=1S/C36H46F3N7O3/c1-43-18-20-45(21-19-43)28-12-16-44(17-13-28)29-7-10-32(33(22-29)48-2)42-34-23-30(11-14-40-34)46-15-3-4-27(25-46)35(47)41-24-26-5-8-31(9-6-26)49-36(37,38)39/h5-11,14,22-23,27-28H,3-4,12-13,15-21,24-25H2,1-2H3,(H,40,42)(H,41,47)/t27-/m1/s1. The number of rotatable bonds is 10. The molecule has 3 fully saturated rings. The highest BCUT2D eigenvalue weighted by Crippen LogP contribution is 2.34. The number of piperidine rings is 2. The predicted molar refractivity (Wildman–Crippen MR) is 185 cm³/mol. The fourth-order valence-corrected chi connectivity index (χ4v) is 7.05. The van der Waals surface area contributed by atoms with Gasteiger partial charge in [-0.2, -0.15) is 0 Å². The number of anilines is 4. The predicted octanol–water partition coefficient (Wildman–Crippen LogP) is 5.48. The van der Waals surface area contributed by atoms with Crippen LogP contribution in [0.15, 0.2) is 60.8 Å². The third kappa shape index (κ3) is 9.27. The number of carbonyl (C=O) groups is 1. The molecular formula is C36H46F3N7O3. The van der Waals surface area contributed by atoms with Gasteiger partial charge >= 0.3 is 6.36 Å². The van der Waals surface area contributed by atoms with Crippen LogP contribution in [0.25, 0.3) is 0 Å². The summed E-state index contributed by atoms with van der Waals surface area (Å²) in [6, 6.07) is 16.4. The number of benzene rings is 2. The van der Waals surface area contributed by atoms with Gasteiger partial charge in [-0.15, -0.1) is 13.2 Å². The molecule has 3 aliphatic heterocycles. The summed E-state index contributed by atoms with van der Waals surface area (Å²) in [5.41, 5.74) is 3.65. The molecule has 3 aromatic rings. The SMILES string of the molecule is COc1cc(N2CCC(N3CCN(C)CC3)CC2)ccc1Nc1cc(N2CCC[C@@H](C(=O)NCc3ccc(OC(F)(F)F)cc3)C2)ccn1. The van der Waals surface area contributed by atoms with Gasteiger partial charge in [-0.1, -0.05) is 12.1 Å². The van der Waals surface area contributed by atoms with Crippen molar-refractivity contribution in [3.05, 3.63) is 66.4 Å². The van der Waals surface area contributed by atoms with E-state index in [-0.39, 0.29) is 24.1 Å². The van der Waals surface area contributed by atoms with E-state index in [2.05, 4.69) is 59.1 Å². The number of methoxy groups -OCH3 is 1. The third-order valence-corrected chi connectivity index (χ3v) is 9.86. The first-order valence-corrected chi connectivity index (χ1v) is 17.1. The van der Waals surface area contributed by atoms with E-state index >= 15 is 0 Å². The van der Waals surface area contributed by atoms with Crippen molar-refractivity contribution < 1.29 is 27.4 Å². The number of piperazine rings is 1. The van der Waals surface area contributed by atoms with E-state index in [0.717, 1.165) is 81.5 Å². The Balaban J connectivity index is 1.02. The zero-order chi connectivity index (χ0) is 34.4. The first-order valence-electron chi connectivity index (χ1n) is 17.1. The van der Waals surface area contributed by atoms with E-state index in [4.69, 9.17) is 4.74 Å². The molecule has 10 nitrogen and oxygen atoms in total. The Morgan fingerprint density at radius 3 is 2.35 bits per heavy atom. The summed E-state index contributed by atoms with van der Waals surface area (Å²) in [6.45, 7) is 8.26. The Hall–Kier alpha value is -4.23. The average Bonchev–Trinajstić information content (AvgIpc) is 3.11. The molecule has 264 valence electrons. The molecule has 49 heavy (non-hydrogen) atoms. The van der Waals surface area contributed by atoms with Crippen molar-refractivity contribution in [2.75, 3.05) is 81.6 Å². The summed E-state index contributed by atoms with van der Waals surface area (Å²) in [7, 11) is 3.88. The molecule has 13 heteroatoms. The van der Waals surface area contributed by atoms with Crippen LogP contribution in [0.2, 0.25) is 0 Å². The zero-order valence-corrected chi connectivity index (χ0v) is 28.2. The molecule has 1 atom stereocenters. The van der Waals surface area contributed by atoms with E-state index in [1.165, 1.54) is 37.1 Å². The van der Waals surface area contributed by atoms with Gasteiger partial charge in [0.1, 0.15) is 17.3 Å². The van der Waals surface area contributed by atoms with Gasteiger partial charge in [-0.25, -0.2) is 4.98 Å². The molecule has 0 radical (unpaired) electrons. The molecule has 0 unspecified atom stereocenters. The number of aromatic nitrogens is 1. The molecule has 1 amide bonds. The van der Waals surface area contributed by atoms with Crippen molar-refractivity contribution in [1.82, 2.24) is 20.1 Å². The molecular weight excluding hydrogens is 635 g/mol. The number of carbonyl (C=O) groups excluding carboxylic acids is 1. The smallest absolute Gasteiger partial charge is 0.494 e. The molecule has 0 spiro atoms. The van der Waals surface area contributed by atoms with Gasteiger partial charge in [0, 0.05) is 94.6 Å². The maximum atomic E-state index is 13.1. The number of alkyl halides is 3. The van der Waals surface area contributed by atoms with Crippen LogP contribution in [-0.4, -0.2) is 99.6 Å². The van der Waals surface area contributed by atoms with Crippen molar-refractivity contribution >= 4 is 28.8 Å². The number of hydrogen-bond donors (Lipinski definition) is 2. The highest BCUT2D eigenvalue weighted by molar-refractivity contribution is 5.79. The quantitative estimate of drug-likeness (QED) is 0.289. The maximum Gasteiger partial charge on any atom is 0.573 e. The van der Waals surface area contributed by atoms with Crippen LogP contribution in [0.4, 0.5) is 36.1 Å². The molecule has 6 rings (SSSR count). The Morgan fingerprint density at radius 1 is 0.898 bits per heavy atom. The van der Waals surface area contributed by atoms with Gasteiger partial charge < -0.3 is 34.8 Å². The summed E-state index contributed by atoms with van der Waals surface area (Å²) < 4.78 is 47.0. The number of halogens is 3. The molecule has 0 bridgehead atoms. The van der Waals surface area contributed by atoms with Gasteiger partial charge in [0.05, 0.1) is 18.7 Å². The lowest BCUT2D eigenvalue weighted by Gasteiger charge is -2.42. The molecule has 0 aliphatic carbocycles. The largest absolute Gasteiger partial charge is 0.573 e. The fraction of sp³-hybridized carbons (Fsp3) is 0.500. The number of nitrogens with zero attached hydrogens (tertiary/aromatic N) is 5.